The number of esters is 1. The second-order valence-electron chi connectivity index (χ2n) is 16.6. The summed E-state index contributed by atoms with van der Waals surface area (Å²) in [5.74, 6) is -2.43. The number of phosphoric acid groups is 1. The number of aliphatic carboxylic acids is 1. The number of carbonyl (C=O) groups is 3. The van der Waals surface area contributed by atoms with Gasteiger partial charge in [0.2, 0.25) is 5.91 Å². The number of rotatable bonds is 46. The highest BCUT2D eigenvalue weighted by Crippen LogP contribution is 2.43. The first-order valence-corrected chi connectivity index (χ1v) is 27.1. The van der Waals surface area contributed by atoms with Crippen LogP contribution in [-0.4, -0.2) is 64.9 Å². The van der Waals surface area contributed by atoms with Crippen molar-refractivity contribution >= 4 is 25.7 Å². The van der Waals surface area contributed by atoms with Gasteiger partial charge in [-0.05, 0) is 103 Å². The molecule has 0 aliphatic heterocycles. The quantitative estimate of drug-likeness (QED) is 0.0199. The van der Waals surface area contributed by atoms with Crippen molar-refractivity contribution in [3.63, 3.8) is 0 Å². The van der Waals surface area contributed by atoms with E-state index < -0.39 is 57.6 Å². The molecular weight excluding hydrogens is 878 g/mol. The Morgan fingerprint density at radius 2 is 0.809 bits per heavy atom. The van der Waals surface area contributed by atoms with Crippen molar-refractivity contribution in [1.82, 2.24) is 5.32 Å². The molecule has 0 aromatic carbocycles. The molecule has 0 radical (unpaired) electrons. The highest BCUT2D eigenvalue weighted by Gasteiger charge is 2.28. The molecule has 3 unspecified atom stereocenters. The van der Waals surface area contributed by atoms with Crippen molar-refractivity contribution < 1.29 is 47.8 Å². The highest BCUT2D eigenvalue weighted by molar-refractivity contribution is 7.47. The summed E-state index contributed by atoms with van der Waals surface area (Å²) in [6.07, 6.45) is 66.4. The number of carboxylic acid groups (broad SMARTS) is 1. The van der Waals surface area contributed by atoms with Gasteiger partial charge in [0.25, 0.3) is 0 Å². The molecule has 0 aromatic rings. The number of nitrogens with one attached hydrogen (secondary N) is 1. The zero-order chi connectivity index (χ0) is 49.9. The number of phosphoric ester groups is 1. The molecule has 0 aromatic heterocycles. The molecule has 0 rings (SSSR count). The first-order chi connectivity index (χ1) is 33.1. The normalized spacial score (nSPS) is 14.5. The maximum atomic E-state index is 12.4. The molecule has 0 bridgehead atoms. The van der Waals surface area contributed by atoms with Crippen molar-refractivity contribution in [2.45, 2.75) is 193 Å². The summed E-state index contributed by atoms with van der Waals surface area (Å²) < 4.78 is 26.9. The lowest BCUT2D eigenvalue weighted by Gasteiger charge is -2.18. The molecule has 0 saturated heterocycles. The van der Waals surface area contributed by atoms with Crippen LogP contribution in [-0.2, 0) is 32.7 Å². The van der Waals surface area contributed by atoms with Crippen molar-refractivity contribution in [2.75, 3.05) is 19.8 Å². The number of aliphatic hydroxyl groups excluding tert-OH is 1. The van der Waals surface area contributed by atoms with Gasteiger partial charge < -0.3 is 25.2 Å². The van der Waals surface area contributed by atoms with Crippen molar-refractivity contribution in [1.29, 1.82) is 0 Å². The zero-order valence-corrected chi connectivity index (χ0v) is 42.7. The summed E-state index contributed by atoms with van der Waals surface area (Å²) in [6, 6.07) is -1.57. The predicted molar refractivity (Wildman–Crippen MR) is 281 cm³/mol. The van der Waals surface area contributed by atoms with Crippen LogP contribution in [0.2, 0.25) is 0 Å². The molecule has 11 nitrogen and oxygen atoms in total. The van der Waals surface area contributed by atoms with Crippen LogP contribution < -0.4 is 5.32 Å². The van der Waals surface area contributed by atoms with E-state index in [2.05, 4.69) is 141 Å². The predicted octanol–water partition coefficient (Wildman–Crippen LogP) is 14.3. The van der Waals surface area contributed by atoms with Gasteiger partial charge in [-0.15, -0.1) is 0 Å². The smallest absolute Gasteiger partial charge is 0.472 e. The molecule has 12 heteroatoms. The lowest BCUT2D eigenvalue weighted by atomic mass is 10.1. The molecule has 0 aliphatic carbocycles. The first kappa shape index (κ1) is 63.9. The van der Waals surface area contributed by atoms with Crippen LogP contribution >= 0.6 is 7.82 Å². The van der Waals surface area contributed by atoms with Gasteiger partial charge in [0.15, 0.2) is 6.04 Å². The minimum atomic E-state index is -4.78. The summed E-state index contributed by atoms with van der Waals surface area (Å²) in [7, 11) is -4.78. The monoisotopic (exact) mass is 968 g/mol. The number of hydrogen-bond acceptors (Lipinski definition) is 8. The number of ether oxygens (including phenoxy) is 1. The van der Waals surface area contributed by atoms with E-state index in [1.807, 2.05) is 0 Å². The Balaban J connectivity index is 3.92. The minimum absolute atomic E-state index is 0.115. The van der Waals surface area contributed by atoms with Gasteiger partial charge >= 0.3 is 19.8 Å². The van der Waals surface area contributed by atoms with Gasteiger partial charge in [-0.3, -0.25) is 18.6 Å². The fourth-order valence-corrected chi connectivity index (χ4v) is 7.14. The molecule has 0 spiro atoms. The summed E-state index contributed by atoms with van der Waals surface area (Å²) in [4.78, 5) is 46.2. The second-order valence-corrected chi connectivity index (χ2v) is 18.0. The molecule has 3 atom stereocenters. The fourth-order valence-electron chi connectivity index (χ4n) is 6.37. The van der Waals surface area contributed by atoms with Crippen LogP contribution in [0.5, 0.6) is 0 Å². The largest absolute Gasteiger partial charge is 0.480 e. The average molecular weight is 968 g/mol. The first-order valence-electron chi connectivity index (χ1n) is 25.6. The maximum Gasteiger partial charge on any atom is 0.472 e. The van der Waals surface area contributed by atoms with Gasteiger partial charge in [0.05, 0.1) is 13.2 Å². The van der Waals surface area contributed by atoms with Gasteiger partial charge in [0, 0.05) is 12.8 Å². The van der Waals surface area contributed by atoms with Crippen molar-refractivity contribution in [2.24, 2.45) is 0 Å². The third-order valence-corrected chi connectivity index (χ3v) is 11.2. The number of unbranched alkanes of at least 4 members (excludes halogenated alkanes) is 12. The summed E-state index contributed by atoms with van der Waals surface area (Å²) >= 11 is 0. The van der Waals surface area contributed by atoms with Gasteiger partial charge in [-0.1, -0.05) is 187 Å². The molecule has 68 heavy (non-hydrogen) atoms. The van der Waals surface area contributed by atoms with Crippen LogP contribution in [0.1, 0.15) is 181 Å². The van der Waals surface area contributed by atoms with Gasteiger partial charge in [-0.2, -0.15) is 0 Å². The number of carbonyl (C=O) groups excluding carboxylic acids is 2. The molecule has 0 saturated carbocycles. The number of aliphatic hydroxyl groups is 1. The Hall–Kier alpha value is -4.12. The number of carboxylic acids is 1. The Labute approximate surface area is 411 Å². The molecule has 384 valence electrons. The van der Waals surface area contributed by atoms with Gasteiger partial charge in [-0.25, -0.2) is 9.36 Å². The van der Waals surface area contributed by atoms with E-state index in [9.17, 15) is 34.1 Å². The van der Waals surface area contributed by atoms with Crippen molar-refractivity contribution in [3.8, 4) is 0 Å². The molecular formula is C56H90NO10P. The summed E-state index contributed by atoms with van der Waals surface area (Å²) in [6.45, 7) is 2.34. The highest BCUT2D eigenvalue weighted by atomic mass is 31.2. The molecule has 0 fully saturated rings. The van der Waals surface area contributed by atoms with E-state index in [0.29, 0.717) is 12.8 Å². The minimum Gasteiger partial charge on any atom is -0.480 e. The van der Waals surface area contributed by atoms with E-state index in [4.69, 9.17) is 13.8 Å². The van der Waals surface area contributed by atoms with E-state index >= 15 is 0 Å². The molecule has 0 heterocycles. The van der Waals surface area contributed by atoms with Gasteiger partial charge in [0.1, 0.15) is 12.7 Å². The Kier molecular flexibility index (Phi) is 46.3. The van der Waals surface area contributed by atoms with E-state index in [-0.39, 0.29) is 12.8 Å². The maximum absolute atomic E-state index is 12.4. The zero-order valence-electron chi connectivity index (χ0n) is 41.9. The van der Waals surface area contributed by atoms with Crippen LogP contribution in [0.25, 0.3) is 0 Å². The summed E-state index contributed by atoms with van der Waals surface area (Å²) in [5, 5.41) is 21.9. The lowest BCUT2D eigenvalue weighted by Crippen LogP contribution is -2.43. The Bertz CT molecular complexity index is 1610. The van der Waals surface area contributed by atoms with Crippen LogP contribution in [0.15, 0.2) is 122 Å². The average Bonchev–Trinajstić information content (AvgIpc) is 3.32. The topological polar surface area (TPSA) is 169 Å². The van der Waals surface area contributed by atoms with Crippen molar-refractivity contribution in [3.05, 3.63) is 122 Å². The number of amides is 1. The molecule has 0 aliphatic rings. The number of allylic oxidation sites excluding steroid dienone is 20. The lowest BCUT2D eigenvalue weighted by molar-refractivity contribution is -0.147. The van der Waals surface area contributed by atoms with E-state index in [0.717, 1.165) is 135 Å². The second kappa shape index (κ2) is 49.3. The van der Waals surface area contributed by atoms with Crippen LogP contribution in [0.3, 0.4) is 0 Å². The molecule has 4 N–H and O–H groups in total. The fraction of sp³-hybridized carbons (Fsp3) is 0.589. The van der Waals surface area contributed by atoms with E-state index in [1.54, 1.807) is 0 Å². The summed E-state index contributed by atoms with van der Waals surface area (Å²) in [5.41, 5.74) is 0. The Morgan fingerprint density at radius 1 is 0.471 bits per heavy atom. The Morgan fingerprint density at radius 3 is 1.21 bits per heavy atom. The standard InChI is InChI=1S/C56H90NO10P/c1-3-5-7-9-11-13-15-17-19-21-23-25-26-28-30-32-34-36-38-40-42-44-46-48-55(60)65-49-52(58)50-66-68(63,64)67-51-53(56(61)62)57-54(59)47-45-43-41-39-37-35-33-31-29-27-24-22-20-18-16-14-12-10-8-6-4-2/h5-8,11-14,17-20,23-25,27-28,30-31,33,52-53,58H,3-4,9-10,15-16,21-22,26,29,32,34-51H2,1-2H3,(H,57,59)(H,61,62)(H,63,64)/b7-5-,8-6-,13-11-,14-12-,19-17-,20-18-,25-23-,27-24-,30-28-,33-31-. The van der Waals surface area contributed by atoms with E-state index in [1.165, 1.54) is 6.42 Å². The van der Waals surface area contributed by atoms with Crippen LogP contribution in [0.4, 0.5) is 0 Å². The van der Waals surface area contributed by atoms with Crippen LogP contribution in [0, 0.1) is 0 Å². The molecule has 1 amide bonds. The number of hydrogen-bond donors (Lipinski definition) is 4. The third kappa shape index (κ3) is 48.3. The SMILES string of the molecule is CC/C=C\C/C=C\C/C=C\C/C=C\C/C=C\CCCCCCCCCC(=O)OCC(O)COP(=O)(O)OCC(NC(=O)CCCCCCC/C=C\C/C=C\C/C=C\C/C=C\C/C=C\CC)C(=O)O. The third-order valence-electron chi connectivity index (χ3n) is 10.2.